The smallest absolute Gasteiger partial charge is 0.338 e. The first-order chi connectivity index (χ1) is 13.7. The molecule has 2 amide bonds. The number of primary amides is 1. The van der Waals surface area contributed by atoms with E-state index in [0.29, 0.717) is 22.8 Å². The van der Waals surface area contributed by atoms with E-state index in [2.05, 4.69) is 19.2 Å². The Morgan fingerprint density at radius 2 is 1.93 bits per heavy atom. The fraction of sp³-hybridized carbons (Fsp3) is 0.227. The Hall–Kier alpha value is -3.61. The van der Waals surface area contributed by atoms with E-state index in [-0.39, 0.29) is 12.2 Å². The Labute approximate surface area is 167 Å². The topological polar surface area (TPSA) is 112 Å². The summed E-state index contributed by atoms with van der Waals surface area (Å²) < 4.78 is 10.7. The summed E-state index contributed by atoms with van der Waals surface area (Å²) in [4.78, 5) is 35.3. The predicted octanol–water partition coefficient (Wildman–Crippen LogP) is 4.07. The second kappa shape index (κ2) is 8.18. The first-order valence-corrected chi connectivity index (χ1v) is 9.15. The molecule has 0 spiro atoms. The molecule has 7 heteroatoms. The molecule has 2 aromatic carbocycles. The van der Waals surface area contributed by atoms with Gasteiger partial charge in [0.15, 0.2) is 0 Å². The summed E-state index contributed by atoms with van der Waals surface area (Å²) in [7, 11) is 0. The van der Waals surface area contributed by atoms with E-state index >= 15 is 0 Å². The largest absolute Gasteiger partial charge is 0.457 e. The van der Waals surface area contributed by atoms with Crippen LogP contribution in [0, 0.1) is 6.92 Å². The van der Waals surface area contributed by atoms with E-state index in [0.717, 1.165) is 16.5 Å². The van der Waals surface area contributed by atoms with Gasteiger partial charge in [0.1, 0.15) is 12.2 Å². The quantitative estimate of drug-likeness (QED) is 0.500. The van der Waals surface area contributed by atoms with Crippen LogP contribution in [0.25, 0.3) is 11.0 Å². The Balaban J connectivity index is 1.88. The van der Waals surface area contributed by atoms with Gasteiger partial charge in [-0.25, -0.2) is 14.4 Å². The van der Waals surface area contributed by atoms with Crippen molar-refractivity contribution in [3.8, 4) is 0 Å². The zero-order valence-electron chi connectivity index (χ0n) is 16.4. The molecule has 0 aliphatic heterocycles. The van der Waals surface area contributed by atoms with Crippen LogP contribution in [0.2, 0.25) is 0 Å². The lowest BCUT2D eigenvalue weighted by molar-refractivity contribution is 0.0474. The summed E-state index contributed by atoms with van der Waals surface area (Å²) in [5, 5.41) is 3.14. The lowest BCUT2D eigenvalue weighted by Crippen LogP contribution is -2.19. The summed E-state index contributed by atoms with van der Waals surface area (Å²) in [5.41, 5.74) is 8.41. The maximum atomic E-state index is 12.4. The molecule has 0 aliphatic carbocycles. The number of fused-ring (bicyclic) bond motifs is 1. The van der Waals surface area contributed by atoms with Gasteiger partial charge in [-0.05, 0) is 54.3 Å². The average Bonchev–Trinajstić information content (AvgIpc) is 2.64. The zero-order chi connectivity index (χ0) is 21.1. The van der Waals surface area contributed by atoms with Crippen LogP contribution in [0.15, 0.2) is 51.7 Å². The highest BCUT2D eigenvalue weighted by molar-refractivity contribution is 5.93. The van der Waals surface area contributed by atoms with Crippen LogP contribution in [-0.4, -0.2) is 12.0 Å². The van der Waals surface area contributed by atoms with Gasteiger partial charge < -0.3 is 20.2 Å². The molecule has 0 atom stereocenters. The first kappa shape index (κ1) is 20.1. The van der Waals surface area contributed by atoms with E-state index in [1.165, 1.54) is 12.1 Å². The zero-order valence-corrected chi connectivity index (χ0v) is 16.4. The van der Waals surface area contributed by atoms with Crippen molar-refractivity contribution >= 4 is 28.7 Å². The molecule has 3 aromatic rings. The van der Waals surface area contributed by atoms with Gasteiger partial charge >= 0.3 is 17.6 Å². The summed E-state index contributed by atoms with van der Waals surface area (Å²) in [6.45, 7) is 6.05. The molecular weight excluding hydrogens is 372 g/mol. The van der Waals surface area contributed by atoms with Gasteiger partial charge in [-0.15, -0.1) is 0 Å². The van der Waals surface area contributed by atoms with Crippen molar-refractivity contribution in [2.24, 2.45) is 5.73 Å². The number of ether oxygens (including phenoxy) is 1. The summed E-state index contributed by atoms with van der Waals surface area (Å²) in [5.74, 6) is -0.294. The van der Waals surface area contributed by atoms with Gasteiger partial charge in [-0.3, -0.25) is 0 Å². The average molecular weight is 394 g/mol. The van der Waals surface area contributed by atoms with Crippen molar-refractivity contribution in [3.05, 3.63) is 75.1 Å². The number of hydrogen-bond donors (Lipinski definition) is 2. The number of hydrogen-bond acceptors (Lipinski definition) is 5. The molecule has 0 radical (unpaired) electrons. The van der Waals surface area contributed by atoms with E-state index < -0.39 is 17.6 Å². The Bertz CT molecular complexity index is 1150. The Kier molecular flexibility index (Phi) is 5.68. The van der Waals surface area contributed by atoms with Crippen molar-refractivity contribution in [3.63, 3.8) is 0 Å². The van der Waals surface area contributed by atoms with Crippen LogP contribution in [0.4, 0.5) is 10.5 Å². The van der Waals surface area contributed by atoms with Gasteiger partial charge in [0.2, 0.25) is 0 Å². The molecule has 0 bridgehead atoms. The number of esters is 1. The third-order valence-electron chi connectivity index (χ3n) is 4.56. The molecular formula is C22H22N2O5. The lowest BCUT2D eigenvalue weighted by Gasteiger charge is -2.13. The predicted molar refractivity (Wildman–Crippen MR) is 110 cm³/mol. The molecule has 0 saturated carbocycles. The molecule has 3 N–H and O–H groups in total. The molecule has 3 rings (SSSR count). The number of benzene rings is 2. The summed E-state index contributed by atoms with van der Waals surface area (Å²) in [6, 6.07) is 10.6. The number of nitrogens with two attached hydrogens (primary N) is 1. The van der Waals surface area contributed by atoms with Crippen molar-refractivity contribution in [1.29, 1.82) is 0 Å². The third-order valence-corrected chi connectivity index (χ3v) is 4.56. The molecule has 1 heterocycles. The minimum Gasteiger partial charge on any atom is -0.457 e. The normalized spacial score (nSPS) is 10.9. The highest BCUT2D eigenvalue weighted by atomic mass is 16.5. The van der Waals surface area contributed by atoms with E-state index in [9.17, 15) is 14.4 Å². The van der Waals surface area contributed by atoms with Crippen molar-refractivity contribution in [2.75, 3.05) is 5.32 Å². The number of nitrogens with one attached hydrogen (secondary N) is 1. The van der Waals surface area contributed by atoms with E-state index in [4.69, 9.17) is 14.9 Å². The van der Waals surface area contributed by atoms with E-state index in [1.807, 2.05) is 19.1 Å². The Morgan fingerprint density at radius 1 is 1.17 bits per heavy atom. The number of anilines is 1. The highest BCUT2D eigenvalue weighted by Crippen LogP contribution is 2.27. The van der Waals surface area contributed by atoms with Crippen molar-refractivity contribution < 1.29 is 18.7 Å². The standard InChI is InChI=1S/C22H22N2O5/c1-12(2)17-10-18-15(9-20(25)29-19(18)7-13(17)3)11-28-21(26)14-5-4-6-16(8-14)24-22(23)27/h4-10,12H,11H2,1-3H3,(H3,23,24,27). The second-order valence-corrected chi connectivity index (χ2v) is 7.10. The van der Waals surface area contributed by atoms with Gasteiger partial charge in [0.25, 0.3) is 0 Å². The number of carbonyl (C=O) groups is 2. The minimum atomic E-state index is -0.728. The van der Waals surface area contributed by atoms with Crippen LogP contribution in [0.5, 0.6) is 0 Å². The van der Waals surface area contributed by atoms with Crippen molar-refractivity contribution in [1.82, 2.24) is 0 Å². The second-order valence-electron chi connectivity index (χ2n) is 7.10. The van der Waals surface area contributed by atoms with Crippen LogP contribution >= 0.6 is 0 Å². The molecule has 0 fully saturated rings. The van der Waals surface area contributed by atoms with Gasteiger partial charge in [0, 0.05) is 22.7 Å². The number of amides is 2. The van der Waals surface area contributed by atoms with Crippen LogP contribution in [-0.2, 0) is 11.3 Å². The summed E-state index contributed by atoms with van der Waals surface area (Å²) in [6.07, 6.45) is 0. The molecule has 150 valence electrons. The van der Waals surface area contributed by atoms with Crippen molar-refractivity contribution in [2.45, 2.75) is 33.3 Å². The van der Waals surface area contributed by atoms with E-state index in [1.54, 1.807) is 18.2 Å². The van der Waals surface area contributed by atoms with Gasteiger partial charge in [-0.1, -0.05) is 19.9 Å². The number of urea groups is 1. The maximum Gasteiger partial charge on any atom is 0.338 e. The third kappa shape index (κ3) is 4.63. The lowest BCUT2D eigenvalue weighted by atomic mass is 9.95. The highest BCUT2D eigenvalue weighted by Gasteiger charge is 2.14. The van der Waals surface area contributed by atoms with Crippen LogP contribution < -0.4 is 16.7 Å². The Morgan fingerprint density at radius 3 is 2.62 bits per heavy atom. The monoisotopic (exact) mass is 394 g/mol. The molecule has 7 nitrogen and oxygen atoms in total. The van der Waals surface area contributed by atoms with Gasteiger partial charge in [0.05, 0.1) is 5.56 Å². The fourth-order valence-corrected chi connectivity index (χ4v) is 3.23. The minimum absolute atomic E-state index is 0.0883. The van der Waals surface area contributed by atoms with Crippen LogP contribution in [0.1, 0.15) is 46.8 Å². The van der Waals surface area contributed by atoms with Crippen LogP contribution in [0.3, 0.4) is 0 Å². The first-order valence-electron chi connectivity index (χ1n) is 9.15. The number of rotatable bonds is 5. The molecule has 0 unspecified atom stereocenters. The SMILES string of the molecule is Cc1cc2oc(=O)cc(COC(=O)c3cccc(NC(N)=O)c3)c2cc1C(C)C. The molecule has 0 saturated heterocycles. The summed E-state index contributed by atoms with van der Waals surface area (Å²) >= 11 is 0. The molecule has 0 aliphatic rings. The maximum absolute atomic E-state index is 12.4. The molecule has 29 heavy (non-hydrogen) atoms. The number of aryl methyl sites for hydroxylation is 1. The molecule has 1 aromatic heterocycles. The fourth-order valence-electron chi connectivity index (χ4n) is 3.23. The number of carbonyl (C=O) groups excluding carboxylic acids is 2. The van der Waals surface area contributed by atoms with Gasteiger partial charge in [-0.2, -0.15) is 0 Å².